The minimum absolute atomic E-state index is 0.00811. The molecule has 0 aliphatic rings. The fraction of sp³-hybridized carbons (Fsp3) is 0.600. The average molecular weight is 298 g/mol. The van der Waals surface area contributed by atoms with Gasteiger partial charge in [-0.25, -0.2) is 8.42 Å². The summed E-state index contributed by atoms with van der Waals surface area (Å²) in [5, 5.41) is 0. The molecule has 0 saturated carbocycles. The standard InChI is InChI=1S/C15H26N2O2S/c1-6-7-12(3)17(5)20(18,19)15-9-14(10-16)8-11(2)13(15)4/h8-9,12H,6-7,10,16H2,1-5H3. The molecule has 1 unspecified atom stereocenters. The Morgan fingerprint density at radius 1 is 1.30 bits per heavy atom. The van der Waals surface area contributed by atoms with Crippen LogP contribution in [0.3, 0.4) is 0 Å². The van der Waals surface area contributed by atoms with Gasteiger partial charge in [0.15, 0.2) is 0 Å². The molecular weight excluding hydrogens is 272 g/mol. The Morgan fingerprint density at radius 3 is 2.40 bits per heavy atom. The Morgan fingerprint density at radius 2 is 1.90 bits per heavy atom. The molecule has 2 N–H and O–H groups in total. The Balaban J connectivity index is 3.31. The van der Waals surface area contributed by atoms with Crippen LogP contribution in [0.25, 0.3) is 0 Å². The molecule has 114 valence electrons. The molecule has 4 nitrogen and oxygen atoms in total. The molecule has 20 heavy (non-hydrogen) atoms. The zero-order chi connectivity index (χ0) is 15.5. The van der Waals surface area contributed by atoms with Gasteiger partial charge in [-0.15, -0.1) is 0 Å². The first-order valence-electron chi connectivity index (χ1n) is 7.03. The normalized spacial score (nSPS) is 13.8. The third kappa shape index (κ3) is 3.40. The zero-order valence-corrected chi connectivity index (χ0v) is 13.9. The van der Waals surface area contributed by atoms with Crippen molar-refractivity contribution in [2.24, 2.45) is 5.73 Å². The van der Waals surface area contributed by atoms with Gasteiger partial charge in [-0.1, -0.05) is 19.4 Å². The van der Waals surface area contributed by atoms with Gasteiger partial charge in [0.2, 0.25) is 10.0 Å². The van der Waals surface area contributed by atoms with E-state index in [1.165, 1.54) is 4.31 Å². The lowest BCUT2D eigenvalue weighted by atomic mass is 10.1. The molecule has 0 spiro atoms. The fourth-order valence-electron chi connectivity index (χ4n) is 2.28. The van der Waals surface area contributed by atoms with E-state index < -0.39 is 10.0 Å². The maximum absolute atomic E-state index is 12.8. The number of benzene rings is 1. The van der Waals surface area contributed by atoms with E-state index in [4.69, 9.17) is 5.73 Å². The summed E-state index contributed by atoms with van der Waals surface area (Å²) < 4.78 is 27.0. The van der Waals surface area contributed by atoms with Crippen molar-refractivity contribution in [3.63, 3.8) is 0 Å². The van der Waals surface area contributed by atoms with Gasteiger partial charge in [-0.2, -0.15) is 4.31 Å². The Bertz CT molecular complexity index is 567. The molecule has 0 radical (unpaired) electrons. The summed E-state index contributed by atoms with van der Waals surface area (Å²) in [6.07, 6.45) is 1.81. The number of aryl methyl sites for hydroxylation is 1. The largest absolute Gasteiger partial charge is 0.326 e. The van der Waals surface area contributed by atoms with Crippen LogP contribution in [0.5, 0.6) is 0 Å². The third-order valence-electron chi connectivity index (χ3n) is 3.90. The van der Waals surface area contributed by atoms with Crippen LogP contribution >= 0.6 is 0 Å². The van der Waals surface area contributed by atoms with Gasteiger partial charge in [0.1, 0.15) is 0 Å². The average Bonchev–Trinajstić information content (AvgIpc) is 2.40. The summed E-state index contributed by atoms with van der Waals surface area (Å²) in [6, 6.07) is 3.64. The molecule has 0 heterocycles. The molecule has 0 aliphatic carbocycles. The SMILES string of the molecule is CCCC(C)N(C)S(=O)(=O)c1cc(CN)cc(C)c1C. The summed E-state index contributed by atoms with van der Waals surface area (Å²) in [7, 11) is -1.82. The first kappa shape index (κ1) is 17.1. The summed E-state index contributed by atoms with van der Waals surface area (Å²) >= 11 is 0. The van der Waals surface area contributed by atoms with Crippen molar-refractivity contribution in [3.8, 4) is 0 Å². The summed E-state index contributed by atoms with van der Waals surface area (Å²) in [4.78, 5) is 0.378. The van der Waals surface area contributed by atoms with Crippen molar-refractivity contribution in [2.75, 3.05) is 7.05 Å². The smallest absolute Gasteiger partial charge is 0.243 e. The number of rotatable bonds is 6. The lowest BCUT2D eigenvalue weighted by molar-refractivity contribution is 0.368. The highest BCUT2D eigenvalue weighted by Gasteiger charge is 2.27. The van der Waals surface area contributed by atoms with E-state index >= 15 is 0 Å². The van der Waals surface area contributed by atoms with E-state index in [9.17, 15) is 8.42 Å². The maximum atomic E-state index is 12.8. The number of hydrogen-bond acceptors (Lipinski definition) is 3. The van der Waals surface area contributed by atoms with Gasteiger partial charge in [0.25, 0.3) is 0 Å². The van der Waals surface area contributed by atoms with Crippen LogP contribution in [0.15, 0.2) is 17.0 Å². The molecule has 0 aromatic heterocycles. The number of hydrogen-bond donors (Lipinski definition) is 1. The number of nitrogens with zero attached hydrogens (tertiary/aromatic N) is 1. The first-order chi connectivity index (χ1) is 9.25. The minimum Gasteiger partial charge on any atom is -0.326 e. The van der Waals surface area contributed by atoms with Crippen molar-refractivity contribution < 1.29 is 8.42 Å². The van der Waals surface area contributed by atoms with Crippen molar-refractivity contribution in [1.29, 1.82) is 0 Å². The highest BCUT2D eigenvalue weighted by Crippen LogP contribution is 2.25. The molecule has 1 atom stereocenters. The van der Waals surface area contributed by atoms with E-state index in [0.717, 1.165) is 29.5 Å². The lowest BCUT2D eigenvalue weighted by Crippen LogP contribution is -2.35. The van der Waals surface area contributed by atoms with Crippen LogP contribution in [0.2, 0.25) is 0 Å². The van der Waals surface area contributed by atoms with Crippen molar-refractivity contribution >= 4 is 10.0 Å². The van der Waals surface area contributed by atoms with E-state index in [1.807, 2.05) is 26.8 Å². The molecule has 0 amide bonds. The Labute approximate surface area is 123 Å². The summed E-state index contributed by atoms with van der Waals surface area (Å²) in [5.41, 5.74) is 8.27. The van der Waals surface area contributed by atoms with Crippen molar-refractivity contribution in [1.82, 2.24) is 4.31 Å². The molecule has 1 aromatic carbocycles. The van der Waals surface area contributed by atoms with Gasteiger partial charge < -0.3 is 5.73 Å². The van der Waals surface area contributed by atoms with Crippen LogP contribution in [-0.4, -0.2) is 25.8 Å². The van der Waals surface area contributed by atoms with Gasteiger partial charge >= 0.3 is 0 Å². The summed E-state index contributed by atoms with van der Waals surface area (Å²) in [6.45, 7) is 8.11. The second kappa shape index (κ2) is 6.70. The second-order valence-electron chi connectivity index (χ2n) is 5.40. The molecule has 1 rings (SSSR count). The molecule has 0 saturated heterocycles. The van der Waals surface area contributed by atoms with Gasteiger partial charge in [0, 0.05) is 19.6 Å². The van der Waals surface area contributed by atoms with Crippen LogP contribution < -0.4 is 5.73 Å². The predicted octanol–water partition coefficient (Wildman–Crippen LogP) is 2.57. The summed E-state index contributed by atoms with van der Waals surface area (Å²) in [5.74, 6) is 0. The van der Waals surface area contributed by atoms with E-state index in [2.05, 4.69) is 6.92 Å². The van der Waals surface area contributed by atoms with Gasteiger partial charge in [0.05, 0.1) is 4.90 Å². The Hall–Kier alpha value is -0.910. The van der Waals surface area contributed by atoms with Crippen LogP contribution in [0.4, 0.5) is 0 Å². The highest BCUT2D eigenvalue weighted by atomic mass is 32.2. The lowest BCUT2D eigenvalue weighted by Gasteiger charge is -2.25. The zero-order valence-electron chi connectivity index (χ0n) is 13.1. The first-order valence-corrected chi connectivity index (χ1v) is 8.47. The van der Waals surface area contributed by atoms with Crippen molar-refractivity contribution in [3.05, 3.63) is 28.8 Å². The van der Waals surface area contributed by atoms with Crippen molar-refractivity contribution in [2.45, 2.75) is 58.0 Å². The van der Waals surface area contributed by atoms with E-state index in [1.54, 1.807) is 13.1 Å². The second-order valence-corrected chi connectivity index (χ2v) is 7.36. The monoisotopic (exact) mass is 298 g/mol. The molecule has 5 heteroatoms. The predicted molar refractivity (Wildman–Crippen MR) is 83.1 cm³/mol. The van der Waals surface area contributed by atoms with Crippen LogP contribution in [0.1, 0.15) is 43.4 Å². The fourth-order valence-corrected chi connectivity index (χ4v) is 4.01. The molecule has 0 fully saturated rings. The molecule has 1 aromatic rings. The van der Waals surface area contributed by atoms with Crippen LogP contribution in [-0.2, 0) is 16.6 Å². The maximum Gasteiger partial charge on any atom is 0.243 e. The minimum atomic E-state index is -3.47. The third-order valence-corrected chi connectivity index (χ3v) is 6.00. The topological polar surface area (TPSA) is 63.4 Å². The van der Waals surface area contributed by atoms with Gasteiger partial charge in [-0.3, -0.25) is 0 Å². The quantitative estimate of drug-likeness (QED) is 0.878. The highest BCUT2D eigenvalue weighted by molar-refractivity contribution is 7.89. The molecule has 0 aliphatic heterocycles. The number of nitrogens with two attached hydrogens (primary N) is 1. The number of sulfonamides is 1. The van der Waals surface area contributed by atoms with E-state index in [0.29, 0.717) is 11.4 Å². The van der Waals surface area contributed by atoms with Gasteiger partial charge in [-0.05, 0) is 49.9 Å². The Kier molecular flexibility index (Phi) is 5.74. The van der Waals surface area contributed by atoms with E-state index in [-0.39, 0.29) is 6.04 Å². The molecule has 0 bridgehead atoms. The molecular formula is C15H26N2O2S. The van der Waals surface area contributed by atoms with Crippen LogP contribution in [0, 0.1) is 13.8 Å².